The predicted octanol–water partition coefficient (Wildman–Crippen LogP) is 3.97. The number of carbonyl (C=O) groups is 1. The van der Waals surface area contributed by atoms with Crippen LogP contribution >= 0.6 is 0 Å². The summed E-state index contributed by atoms with van der Waals surface area (Å²) in [7, 11) is 0. The highest BCUT2D eigenvalue weighted by molar-refractivity contribution is 5.96. The van der Waals surface area contributed by atoms with Crippen molar-refractivity contribution in [3.05, 3.63) is 84.7 Å². The van der Waals surface area contributed by atoms with Gasteiger partial charge in [-0.1, -0.05) is 24.3 Å². The third-order valence-corrected chi connectivity index (χ3v) is 2.90. The highest BCUT2D eigenvalue weighted by Gasteiger charge is 2.08. The Morgan fingerprint density at radius 3 is 2.25 bits per heavy atom. The van der Waals surface area contributed by atoms with Crippen molar-refractivity contribution in [3.63, 3.8) is 0 Å². The molecule has 0 saturated heterocycles. The number of aromatic nitrogens is 1. The summed E-state index contributed by atoms with van der Waals surface area (Å²) in [5.74, 6) is 1.32. The van der Waals surface area contributed by atoms with Crippen LogP contribution in [0.15, 0.2) is 79.1 Å². The summed E-state index contributed by atoms with van der Waals surface area (Å²) >= 11 is 0. The number of carbonyl (C=O) groups excluding carboxylic acids is 1. The van der Waals surface area contributed by atoms with E-state index in [1.54, 1.807) is 29.1 Å². The van der Waals surface area contributed by atoms with E-state index >= 15 is 0 Å². The van der Waals surface area contributed by atoms with E-state index in [1.807, 2.05) is 54.6 Å². The van der Waals surface area contributed by atoms with Crippen molar-refractivity contribution in [2.75, 3.05) is 0 Å². The van der Waals surface area contributed by atoms with Gasteiger partial charge >= 0.3 is 0 Å². The van der Waals surface area contributed by atoms with E-state index in [9.17, 15) is 4.79 Å². The first-order valence-corrected chi connectivity index (χ1v) is 6.33. The van der Waals surface area contributed by atoms with Gasteiger partial charge in [-0.3, -0.25) is 9.36 Å². The van der Waals surface area contributed by atoms with Crippen molar-refractivity contribution < 1.29 is 9.53 Å². The zero-order valence-corrected chi connectivity index (χ0v) is 10.8. The molecule has 0 amide bonds. The summed E-state index contributed by atoms with van der Waals surface area (Å²) < 4.78 is 7.27. The Hall–Kier alpha value is -2.81. The van der Waals surface area contributed by atoms with Crippen LogP contribution in [0.3, 0.4) is 0 Å². The normalized spacial score (nSPS) is 10.2. The Kier molecular flexibility index (Phi) is 3.33. The van der Waals surface area contributed by atoms with Gasteiger partial charge in [-0.25, -0.2) is 0 Å². The van der Waals surface area contributed by atoms with Gasteiger partial charge in [0.15, 0.2) is 0 Å². The van der Waals surface area contributed by atoms with Gasteiger partial charge in [-0.15, -0.1) is 0 Å². The lowest BCUT2D eigenvalue weighted by Gasteiger charge is -2.07. The van der Waals surface area contributed by atoms with Gasteiger partial charge in [0, 0.05) is 18.0 Å². The van der Waals surface area contributed by atoms with Gasteiger partial charge in [0.2, 0.25) is 0 Å². The topological polar surface area (TPSA) is 31.2 Å². The maximum Gasteiger partial charge on any atom is 0.261 e. The first-order valence-electron chi connectivity index (χ1n) is 6.33. The van der Waals surface area contributed by atoms with Crippen molar-refractivity contribution in [1.29, 1.82) is 0 Å². The predicted molar refractivity (Wildman–Crippen MR) is 77.1 cm³/mol. The molecule has 0 unspecified atom stereocenters. The number of benzene rings is 2. The minimum atomic E-state index is -0.0755. The summed E-state index contributed by atoms with van der Waals surface area (Å²) in [6.07, 6.45) is 3.46. The van der Waals surface area contributed by atoms with Gasteiger partial charge in [-0.2, -0.15) is 0 Å². The number of para-hydroxylation sites is 1. The number of ether oxygens (including phenoxy) is 1. The minimum Gasteiger partial charge on any atom is -0.457 e. The molecule has 0 spiro atoms. The SMILES string of the molecule is O=C(c1cccc(Oc2ccccc2)c1)n1cccc1. The molecule has 0 atom stereocenters. The van der Waals surface area contributed by atoms with Crippen molar-refractivity contribution in [1.82, 2.24) is 4.57 Å². The lowest BCUT2D eigenvalue weighted by Crippen LogP contribution is -2.09. The number of rotatable bonds is 3. The van der Waals surface area contributed by atoms with Crippen LogP contribution in [0.5, 0.6) is 11.5 Å². The summed E-state index contributed by atoms with van der Waals surface area (Å²) in [4.78, 5) is 12.2. The Bertz CT molecular complexity index is 703. The molecule has 0 fully saturated rings. The van der Waals surface area contributed by atoms with Crippen LogP contribution in [0, 0.1) is 0 Å². The number of nitrogens with zero attached hydrogens (tertiary/aromatic N) is 1. The zero-order valence-electron chi connectivity index (χ0n) is 10.8. The van der Waals surface area contributed by atoms with Crippen LogP contribution < -0.4 is 4.74 Å². The summed E-state index contributed by atoms with van der Waals surface area (Å²) in [6, 6.07) is 20.3. The molecule has 0 aliphatic carbocycles. The van der Waals surface area contributed by atoms with E-state index < -0.39 is 0 Å². The fraction of sp³-hybridized carbons (Fsp3) is 0. The van der Waals surface area contributed by atoms with Crippen molar-refractivity contribution in [2.45, 2.75) is 0 Å². The maximum absolute atomic E-state index is 12.2. The largest absolute Gasteiger partial charge is 0.457 e. The molecule has 3 rings (SSSR count). The first kappa shape index (κ1) is 12.2. The van der Waals surface area contributed by atoms with Gasteiger partial charge in [0.05, 0.1) is 0 Å². The Balaban J connectivity index is 1.85. The van der Waals surface area contributed by atoms with Gasteiger partial charge in [0.25, 0.3) is 5.91 Å². The van der Waals surface area contributed by atoms with E-state index in [0.717, 1.165) is 5.75 Å². The lowest BCUT2D eigenvalue weighted by atomic mass is 10.2. The molecule has 3 nitrogen and oxygen atoms in total. The van der Waals surface area contributed by atoms with Crippen LogP contribution in [-0.2, 0) is 0 Å². The van der Waals surface area contributed by atoms with Gasteiger partial charge in [-0.05, 0) is 42.5 Å². The summed E-state index contributed by atoms with van der Waals surface area (Å²) in [5, 5.41) is 0. The van der Waals surface area contributed by atoms with Crippen molar-refractivity contribution in [3.8, 4) is 11.5 Å². The molecule has 98 valence electrons. The molecule has 3 heteroatoms. The van der Waals surface area contributed by atoms with E-state index in [0.29, 0.717) is 11.3 Å². The molecule has 20 heavy (non-hydrogen) atoms. The van der Waals surface area contributed by atoms with E-state index in [-0.39, 0.29) is 5.91 Å². The second-order valence-corrected chi connectivity index (χ2v) is 4.34. The maximum atomic E-state index is 12.2. The molecule has 1 heterocycles. The fourth-order valence-electron chi connectivity index (χ4n) is 1.94. The lowest BCUT2D eigenvalue weighted by molar-refractivity contribution is 0.0960. The van der Waals surface area contributed by atoms with Crippen molar-refractivity contribution >= 4 is 5.91 Å². The molecular formula is C17H13NO2. The van der Waals surface area contributed by atoms with Gasteiger partial charge in [0.1, 0.15) is 11.5 Å². The highest BCUT2D eigenvalue weighted by atomic mass is 16.5. The van der Waals surface area contributed by atoms with Crippen LogP contribution in [0.1, 0.15) is 10.4 Å². The molecule has 2 aromatic carbocycles. The number of hydrogen-bond acceptors (Lipinski definition) is 2. The number of hydrogen-bond donors (Lipinski definition) is 0. The fourth-order valence-corrected chi connectivity index (χ4v) is 1.94. The Labute approximate surface area is 117 Å². The molecule has 0 bridgehead atoms. The minimum absolute atomic E-state index is 0.0755. The Morgan fingerprint density at radius 2 is 1.50 bits per heavy atom. The summed E-state index contributed by atoms with van der Waals surface area (Å²) in [6.45, 7) is 0. The second-order valence-electron chi connectivity index (χ2n) is 4.34. The molecule has 1 aromatic heterocycles. The zero-order chi connectivity index (χ0) is 13.8. The van der Waals surface area contributed by atoms with Crippen LogP contribution in [0.25, 0.3) is 0 Å². The van der Waals surface area contributed by atoms with Crippen molar-refractivity contribution in [2.24, 2.45) is 0 Å². The Morgan fingerprint density at radius 1 is 0.800 bits per heavy atom. The smallest absolute Gasteiger partial charge is 0.261 e. The first-order chi connectivity index (χ1) is 9.83. The van der Waals surface area contributed by atoms with E-state index in [2.05, 4.69) is 0 Å². The van der Waals surface area contributed by atoms with Crippen LogP contribution in [-0.4, -0.2) is 10.5 Å². The quantitative estimate of drug-likeness (QED) is 0.716. The van der Waals surface area contributed by atoms with E-state index in [1.165, 1.54) is 0 Å². The van der Waals surface area contributed by atoms with E-state index in [4.69, 9.17) is 4.74 Å². The average molecular weight is 263 g/mol. The average Bonchev–Trinajstić information content (AvgIpc) is 3.02. The molecular weight excluding hydrogens is 250 g/mol. The van der Waals surface area contributed by atoms with Crippen LogP contribution in [0.4, 0.5) is 0 Å². The monoisotopic (exact) mass is 263 g/mol. The second kappa shape index (κ2) is 5.45. The third kappa shape index (κ3) is 2.62. The molecule has 0 aliphatic rings. The van der Waals surface area contributed by atoms with Gasteiger partial charge < -0.3 is 4.74 Å². The highest BCUT2D eigenvalue weighted by Crippen LogP contribution is 2.22. The third-order valence-electron chi connectivity index (χ3n) is 2.90. The molecule has 0 N–H and O–H groups in total. The molecule has 3 aromatic rings. The molecule has 0 radical (unpaired) electrons. The molecule has 0 aliphatic heterocycles. The standard InChI is InChI=1S/C17H13NO2/c19-17(18-11-4-5-12-18)14-7-6-10-16(13-14)20-15-8-2-1-3-9-15/h1-13H. The molecule has 0 saturated carbocycles. The summed E-state index contributed by atoms with van der Waals surface area (Å²) in [5.41, 5.74) is 0.592. The van der Waals surface area contributed by atoms with Crippen LogP contribution in [0.2, 0.25) is 0 Å².